The smallest absolute Gasteiger partial charge is 0.255 e. The molecule has 2 rings (SSSR count). The van der Waals surface area contributed by atoms with Crippen molar-refractivity contribution in [3.05, 3.63) is 34.2 Å². The fourth-order valence-corrected chi connectivity index (χ4v) is 2.52. The van der Waals surface area contributed by atoms with E-state index in [1.807, 2.05) is 22.9 Å². The highest BCUT2D eigenvalue weighted by Gasteiger charge is 2.14. The van der Waals surface area contributed by atoms with Gasteiger partial charge in [0.2, 0.25) is 0 Å². The van der Waals surface area contributed by atoms with Gasteiger partial charge in [0.1, 0.15) is 0 Å². The maximum Gasteiger partial charge on any atom is 0.255 e. The third-order valence-electron chi connectivity index (χ3n) is 3.50. The minimum Gasteiger partial charge on any atom is -0.315 e. The Morgan fingerprint density at radius 1 is 1.41 bits per heavy atom. The monoisotopic (exact) mass is 234 g/mol. The maximum absolute atomic E-state index is 12.1. The van der Waals surface area contributed by atoms with E-state index in [4.69, 9.17) is 0 Å². The molecule has 1 saturated carbocycles. The van der Waals surface area contributed by atoms with E-state index in [1.54, 1.807) is 0 Å². The first kappa shape index (κ1) is 12.4. The fourth-order valence-electron chi connectivity index (χ4n) is 2.52. The molecular weight excluding hydrogens is 212 g/mol. The number of aromatic nitrogens is 1. The third-order valence-corrected chi connectivity index (χ3v) is 3.50. The normalized spacial score (nSPS) is 16.5. The van der Waals surface area contributed by atoms with E-state index < -0.39 is 0 Å². The van der Waals surface area contributed by atoms with E-state index in [-0.39, 0.29) is 5.56 Å². The zero-order valence-electron chi connectivity index (χ0n) is 10.6. The molecule has 17 heavy (non-hydrogen) atoms. The molecule has 1 N–H and O–H groups in total. The Hall–Kier alpha value is -1.09. The molecule has 3 heteroatoms. The standard InChI is InChI=1S/C14H22N2O/c1-2-9-16-10-5-6-12(14(16)17)11-15-13-7-3-4-8-13/h5-6,10,13,15H,2-4,7-9,11H2,1H3. The Balaban J connectivity index is 1.99. The molecular formula is C14H22N2O. The topological polar surface area (TPSA) is 34.0 Å². The summed E-state index contributed by atoms with van der Waals surface area (Å²) in [7, 11) is 0. The van der Waals surface area contributed by atoms with E-state index in [9.17, 15) is 4.79 Å². The van der Waals surface area contributed by atoms with Gasteiger partial charge in [-0.15, -0.1) is 0 Å². The highest BCUT2D eigenvalue weighted by molar-refractivity contribution is 5.10. The zero-order chi connectivity index (χ0) is 12.1. The van der Waals surface area contributed by atoms with Crippen molar-refractivity contribution in [2.45, 2.75) is 58.2 Å². The average Bonchev–Trinajstić information content (AvgIpc) is 2.83. The van der Waals surface area contributed by atoms with Crippen molar-refractivity contribution in [2.24, 2.45) is 0 Å². The molecule has 0 spiro atoms. The van der Waals surface area contributed by atoms with Crippen molar-refractivity contribution < 1.29 is 0 Å². The van der Waals surface area contributed by atoms with Crippen LogP contribution in [0.3, 0.4) is 0 Å². The van der Waals surface area contributed by atoms with Crippen LogP contribution in [0.25, 0.3) is 0 Å². The SMILES string of the molecule is CCCn1cccc(CNC2CCCC2)c1=O. The molecule has 1 aliphatic rings. The molecule has 1 heterocycles. The Labute approximate surface area is 103 Å². The van der Waals surface area contributed by atoms with Crippen molar-refractivity contribution >= 4 is 0 Å². The lowest BCUT2D eigenvalue weighted by molar-refractivity contribution is 0.518. The highest BCUT2D eigenvalue weighted by Crippen LogP contribution is 2.17. The van der Waals surface area contributed by atoms with E-state index in [0.29, 0.717) is 12.6 Å². The summed E-state index contributed by atoms with van der Waals surface area (Å²) in [6, 6.07) is 4.54. The quantitative estimate of drug-likeness (QED) is 0.848. The summed E-state index contributed by atoms with van der Waals surface area (Å²) >= 11 is 0. The molecule has 0 unspecified atom stereocenters. The summed E-state index contributed by atoms with van der Waals surface area (Å²) in [4.78, 5) is 12.1. The molecule has 0 atom stereocenters. The number of rotatable bonds is 5. The van der Waals surface area contributed by atoms with Crippen LogP contribution in [0.2, 0.25) is 0 Å². The van der Waals surface area contributed by atoms with Crippen LogP contribution >= 0.6 is 0 Å². The summed E-state index contributed by atoms with van der Waals surface area (Å²) < 4.78 is 1.81. The largest absolute Gasteiger partial charge is 0.315 e. The Morgan fingerprint density at radius 3 is 2.88 bits per heavy atom. The molecule has 1 aliphatic carbocycles. The predicted molar refractivity (Wildman–Crippen MR) is 70.1 cm³/mol. The van der Waals surface area contributed by atoms with Crippen molar-refractivity contribution in [3.63, 3.8) is 0 Å². The lowest BCUT2D eigenvalue weighted by Crippen LogP contribution is -2.31. The van der Waals surface area contributed by atoms with Gasteiger partial charge in [-0.3, -0.25) is 4.79 Å². The first-order chi connectivity index (χ1) is 8.31. The molecule has 0 radical (unpaired) electrons. The van der Waals surface area contributed by atoms with Crippen LogP contribution in [0.5, 0.6) is 0 Å². The van der Waals surface area contributed by atoms with Crippen molar-refractivity contribution in [1.82, 2.24) is 9.88 Å². The van der Waals surface area contributed by atoms with Crippen LogP contribution < -0.4 is 10.9 Å². The molecule has 3 nitrogen and oxygen atoms in total. The van der Waals surface area contributed by atoms with Gasteiger partial charge in [0.25, 0.3) is 5.56 Å². The second-order valence-corrected chi connectivity index (χ2v) is 4.89. The second kappa shape index (κ2) is 6.01. The fraction of sp³-hybridized carbons (Fsp3) is 0.643. The lowest BCUT2D eigenvalue weighted by atomic mass is 10.2. The Kier molecular flexibility index (Phi) is 4.37. The zero-order valence-corrected chi connectivity index (χ0v) is 10.6. The lowest BCUT2D eigenvalue weighted by Gasteiger charge is -2.12. The van der Waals surface area contributed by atoms with Crippen LogP contribution in [-0.2, 0) is 13.1 Å². The van der Waals surface area contributed by atoms with Gasteiger partial charge in [0.05, 0.1) is 0 Å². The van der Waals surface area contributed by atoms with Gasteiger partial charge in [-0.1, -0.05) is 25.8 Å². The van der Waals surface area contributed by atoms with Gasteiger partial charge in [-0.2, -0.15) is 0 Å². The van der Waals surface area contributed by atoms with E-state index in [2.05, 4.69) is 12.2 Å². The van der Waals surface area contributed by atoms with Crippen LogP contribution in [-0.4, -0.2) is 10.6 Å². The summed E-state index contributed by atoms with van der Waals surface area (Å²) in [5, 5.41) is 3.49. The molecule has 0 aromatic carbocycles. The van der Waals surface area contributed by atoms with Gasteiger partial charge in [-0.25, -0.2) is 0 Å². The van der Waals surface area contributed by atoms with Crippen molar-refractivity contribution in [3.8, 4) is 0 Å². The number of nitrogens with one attached hydrogen (secondary N) is 1. The van der Waals surface area contributed by atoms with Crippen LogP contribution in [0.1, 0.15) is 44.6 Å². The van der Waals surface area contributed by atoms with Crippen LogP contribution in [0, 0.1) is 0 Å². The number of hydrogen-bond donors (Lipinski definition) is 1. The highest BCUT2D eigenvalue weighted by atomic mass is 16.1. The average molecular weight is 234 g/mol. The number of pyridine rings is 1. The molecule has 1 aromatic heterocycles. The van der Waals surface area contributed by atoms with E-state index >= 15 is 0 Å². The van der Waals surface area contributed by atoms with E-state index in [1.165, 1.54) is 25.7 Å². The van der Waals surface area contributed by atoms with Crippen LogP contribution in [0.4, 0.5) is 0 Å². The molecule has 0 aliphatic heterocycles. The molecule has 1 aromatic rings. The molecule has 0 saturated heterocycles. The van der Waals surface area contributed by atoms with Gasteiger partial charge in [0.15, 0.2) is 0 Å². The van der Waals surface area contributed by atoms with Crippen molar-refractivity contribution in [1.29, 1.82) is 0 Å². The number of hydrogen-bond acceptors (Lipinski definition) is 2. The van der Waals surface area contributed by atoms with Crippen LogP contribution in [0.15, 0.2) is 23.1 Å². The van der Waals surface area contributed by atoms with Gasteiger partial charge in [0, 0.05) is 30.9 Å². The second-order valence-electron chi connectivity index (χ2n) is 4.89. The maximum atomic E-state index is 12.1. The minimum atomic E-state index is 0.167. The first-order valence-corrected chi connectivity index (χ1v) is 6.73. The summed E-state index contributed by atoms with van der Waals surface area (Å²) in [5.41, 5.74) is 1.06. The van der Waals surface area contributed by atoms with Crippen molar-refractivity contribution in [2.75, 3.05) is 0 Å². The molecule has 0 bridgehead atoms. The molecule has 94 valence electrons. The summed E-state index contributed by atoms with van der Waals surface area (Å²) in [5.74, 6) is 0. The Bertz CT molecular complexity index is 405. The van der Waals surface area contributed by atoms with E-state index in [0.717, 1.165) is 18.5 Å². The number of aryl methyl sites for hydroxylation is 1. The first-order valence-electron chi connectivity index (χ1n) is 6.73. The molecule has 0 amide bonds. The summed E-state index contributed by atoms with van der Waals surface area (Å²) in [6.07, 6.45) is 8.05. The third kappa shape index (κ3) is 3.19. The van der Waals surface area contributed by atoms with Gasteiger partial charge >= 0.3 is 0 Å². The van der Waals surface area contributed by atoms with Gasteiger partial charge in [-0.05, 0) is 25.3 Å². The predicted octanol–water partition coefficient (Wildman–Crippen LogP) is 2.29. The minimum absolute atomic E-state index is 0.167. The molecule has 1 fully saturated rings. The Morgan fingerprint density at radius 2 is 2.18 bits per heavy atom. The van der Waals surface area contributed by atoms with Gasteiger partial charge < -0.3 is 9.88 Å². The number of nitrogens with zero attached hydrogens (tertiary/aromatic N) is 1. The summed E-state index contributed by atoms with van der Waals surface area (Å²) in [6.45, 7) is 3.63.